The molecule has 0 spiro atoms. The van der Waals surface area contributed by atoms with E-state index in [1.54, 1.807) is 18.2 Å². The number of rotatable bonds is 9. The van der Waals surface area contributed by atoms with E-state index in [0.717, 1.165) is 18.1 Å². The molecule has 0 bridgehead atoms. The van der Waals surface area contributed by atoms with Crippen LogP contribution < -0.4 is 10.6 Å². The number of amides is 2. The van der Waals surface area contributed by atoms with Crippen molar-refractivity contribution in [2.45, 2.75) is 44.4 Å². The molecule has 0 aliphatic carbocycles. The van der Waals surface area contributed by atoms with Crippen LogP contribution in [0.5, 0.6) is 0 Å². The third-order valence-electron chi connectivity index (χ3n) is 5.39. The predicted molar refractivity (Wildman–Crippen MR) is 119 cm³/mol. The second kappa shape index (κ2) is 10.5. The Morgan fingerprint density at radius 1 is 1.16 bits per heavy atom. The highest BCUT2D eigenvalue weighted by Gasteiger charge is 2.33. The van der Waals surface area contributed by atoms with Crippen LogP contribution in [0.4, 0.5) is 0 Å². The van der Waals surface area contributed by atoms with E-state index in [9.17, 15) is 18.0 Å². The van der Waals surface area contributed by atoms with Gasteiger partial charge in [0.1, 0.15) is 15.9 Å². The highest BCUT2D eigenvalue weighted by molar-refractivity contribution is 7.89. The first-order valence-electron chi connectivity index (χ1n) is 10.5. The number of hydrogen-bond acceptors (Lipinski definition) is 7. The Kier molecular flexibility index (Phi) is 7.95. The van der Waals surface area contributed by atoms with Gasteiger partial charge < -0.3 is 10.6 Å². The summed E-state index contributed by atoms with van der Waals surface area (Å²) in [6, 6.07) is 4.94. The second-order valence-electron chi connectivity index (χ2n) is 8.14. The molecular weight excluding hydrogens is 438 g/mol. The average Bonchev–Trinajstić information content (AvgIpc) is 3.22. The minimum Gasteiger partial charge on any atom is -0.356 e. The maximum absolute atomic E-state index is 13.1. The summed E-state index contributed by atoms with van der Waals surface area (Å²) in [5.74, 6) is 0.0679. The van der Waals surface area contributed by atoms with E-state index in [4.69, 9.17) is 0 Å². The first-order chi connectivity index (χ1) is 14.8. The summed E-state index contributed by atoms with van der Waals surface area (Å²) in [6.45, 7) is 5.65. The monoisotopic (exact) mass is 467 g/mol. The molecule has 0 radical (unpaired) electrons. The normalized spacial score (nSPS) is 16.0. The molecule has 1 aliphatic rings. The topological polar surface area (TPSA) is 121 Å². The fourth-order valence-electron chi connectivity index (χ4n) is 3.52. The van der Waals surface area contributed by atoms with E-state index in [1.165, 1.54) is 4.31 Å². The Morgan fingerprint density at radius 2 is 1.90 bits per heavy atom. The number of piperidine rings is 1. The third-order valence-corrected chi connectivity index (χ3v) is 7.86. The summed E-state index contributed by atoms with van der Waals surface area (Å²) in [4.78, 5) is 24.4. The lowest BCUT2D eigenvalue weighted by atomic mass is 9.97. The molecule has 2 aromatic rings. The molecule has 9 nitrogen and oxygen atoms in total. The number of carbonyl (C=O) groups excluding carboxylic acids is 2. The Balaban J connectivity index is 1.46. The van der Waals surface area contributed by atoms with E-state index in [1.807, 2.05) is 0 Å². The minimum atomic E-state index is -3.70. The van der Waals surface area contributed by atoms with Crippen molar-refractivity contribution in [2.75, 3.05) is 26.2 Å². The van der Waals surface area contributed by atoms with Gasteiger partial charge in [0.15, 0.2) is 0 Å². The molecule has 170 valence electrons. The van der Waals surface area contributed by atoms with Crippen molar-refractivity contribution < 1.29 is 18.0 Å². The van der Waals surface area contributed by atoms with Gasteiger partial charge in [0, 0.05) is 38.5 Å². The first-order valence-corrected chi connectivity index (χ1v) is 12.7. The van der Waals surface area contributed by atoms with Crippen LogP contribution in [0.15, 0.2) is 23.1 Å². The van der Waals surface area contributed by atoms with Gasteiger partial charge in [0.05, 0.1) is 11.7 Å². The highest BCUT2D eigenvalue weighted by Crippen LogP contribution is 2.28. The summed E-state index contributed by atoms with van der Waals surface area (Å²) in [6.07, 6.45) is 2.05. The molecule has 1 aromatic carbocycles. The summed E-state index contributed by atoms with van der Waals surface area (Å²) in [7, 11) is -3.70. The van der Waals surface area contributed by atoms with Crippen LogP contribution in [-0.2, 0) is 19.6 Å². The van der Waals surface area contributed by atoms with Crippen molar-refractivity contribution in [3.05, 3.63) is 18.2 Å². The van der Waals surface area contributed by atoms with Gasteiger partial charge in [-0.15, -0.1) is 0 Å². The zero-order valence-electron chi connectivity index (χ0n) is 17.8. The first kappa shape index (κ1) is 23.6. The summed E-state index contributed by atoms with van der Waals surface area (Å²) in [5, 5.41) is 5.65. The largest absolute Gasteiger partial charge is 0.356 e. The van der Waals surface area contributed by atoms with Crippen molar-refractivity contribution >= 4 is 44.6 Å². The number of fused-ring (bicyclic) bond motifs is 1. The SMILES string of the molecule is CC(C)CCNC(=O)CCNC(=O)C1CCN(S(=O)(=O)c2cccc3nsnc23)CC1. The van der Waals surface area contributed by atoms with Crippen LogP contribution in [-0.4, -0.2) is 59.5 Å². The van der Waals surface area contributed by atoms with Gasteiger partial charge in [-0.25, -0.2) is 8.42 Å². The second-order valence-corrected chi connectivity index (χ2v) is 10.6. The molecule has 0 unspecified atom stereocenters. The highest BCUT2D eigenvalue weighted by atomic mass is 32.2. The Bertz CT molecular complexity index is 1010. The summed E-state index contributed by atoms with van der Waals surface area (Å²) < 4.78 is 35.8. The maximum Gasteiger partial charge on any atom is 0.245 e. The lowest BCUT2D eigenvalue weighted by Gasteiger charge is -2.30. The standard InChI is InChI=1S/C20H29N5O4S2/c1-14(2)6-10-21-18(26)7-11-22-20(27)15-8-12-25(13-9-15)31(28,29)17-5-3-4-16-19(17)24-30-23-16/h3-5,14-15H,6-13H2,1-2H3,(H,21,26)(H,22,27). The molecule has 2 N–H and O–H groups in total. The molecule has 2 amide bonds. The number of aromatic nitrogens is 2. The number of benzene rings is 1. The number of nitrogens with one attached hydrogen (secondary N) is 2. The molecule has 1 aliphatic heterocycles. The van der Waals surface area contributed by atoms with Gasteiger partial charge in [0.2, 0.25) is 21.8 Å². The van der Waals surface area contributed by atoms with E-state index in [-0.39, 0.29) is 48.7 Å². The zero-order chi connectivity index (χ0) is 22.4. The van der Waals surface area contributed by atoms with Crippen LogP contribution >= 0.6 is 11.7 Å². The smallest absolute Gasteiger partial charge is 0.245 e. The molecule has 2 heterocycles. The van der Waals surface area contributed by atoms with Crippen molar-refractivity contribution in [2.24, 2.45) is 11.8 Å². The maximum atomic E-state index is 13.1. The van der Waals surface area contributed by atoms with E-state index in [2.05, 4.69) is 33.2 Å². The molecule has 11 heteroatoms. The fourth-order valence-corrected chi connectivity index (χ4v) is 5.74. The van der Waals surface area contributed by atoms with Crippen molar-refractivity contribution in [3.8, 4) is 0 Å². The van der Waals surface area contributed by atoms with E-state index in [0.29, 0.717) is 36.3 Å². The lowest BCUT2D eigenvalue weighted by molar-refractivity contribution is -0.126. The Labute approximate surface area is 187 Å². The molecule has 0 atom stereocenters. The average molecular weight is 468 g/mol. The van der Waals surface area contributed by atoms with Gasteiger partial charge in [0.25, 0.3) is 0 Å². The number of hydrogen-bond donors (Lipinski definition) is 2. The van der Waals surface area contributed by atoms with Gasteiger partial charge in [-0.3, -0.25) is 9.59 Å². The van der Waals surface area contributed by atoms with E-state index < -0.39 is 10.0 Å². The van der Waals surface area contributed by atoms with Gasteiger partial charge in [-0.2, -0.15) is 13.1 Å². The molecule has 1 fully saturated rings. The molecule has 1 saturated heterocycles. The van der Waals surface area contributed by atoms with Crippen LogP contribution in [0.25, 0.3) is 11.0 Å². The molecule has 3 rings (SSSR count). The van der Waals surface area contributed by atoms with Gasteiger partial charge in [-0.05, 0) is 37.3 Å². The van der Waals surface area contributed by atoms with Crippen LogP contribution in [0.2, 0.25) is 0 Å². The number of carbonyl (C=O) groups is 2. The zero-order valence-corrected chi connectivity index (χ0v) is 19.5. The van der Waals surface area contributed by atoms with Crippen molar-refractivity contribution in [1.29, 1.82) is 0 Å². The van der Waals surface area contributed by atoms with Crippen molar-refractivity contribution in [1.82, 2.24) is 23.7 Å². The Morgan fingerprint density at radius 3 is 2.61 bits per heavy atom. The Hall–Kier alpha value is -2.11. The number of nitrogens with zero attached hydrogens (tertiary/aromatic N) is 3. The molecule has 0 saturated carbocycles. The summed E-state index contributed by atoms with van der Waals surface area (Å²) >= 11 is 0.985. The van der Waals surface area contributed by atoms with Gasteiger partial charge >= 0.3 is 0 Å². The molecule has 1 aromatic heterocycles. The van der Waals surface area contributed by atoms with Crippen LogP contribution in [0.1, 0.15) is 39.5 Å². The quantitative estimate of drug-likeness (QED) is 0.580. The van der Waals surface area contributed by atoms with Crippen molar-refractivity contribution in [3.63, 3.8) is 0 Å². The van der Waals surface area contributed by atoms with Crippen LogP contribution in [0, 0.1) is 11.8 Å². The molecular formula is C20H29N5O4S2. The minimum absolute atomic E-state index is 0.0763. The summed E-state index contributed by atoms with van der Waals surface area (Å²) in [5.41, 5.74) is 0.951. The number of sulfonamides is 1. The third kappa shape index (κ3) is 5.98. The fraction of sp³-hybridized carbons (Fsp3) is 0.600. The van der Waals surface area contributed by atoms with E-state index >= 15 is 0 Å². The lowest BCUT2D eigenvalue weighted by Crippen LogP contribution is -2.43. The predicted octanol–water partition coefficient (Wildman–Crippen LogP) is 1.76. The van der Waals surface area contributed by atoms with Gasteiger partial charge in [-0.1, -0.05) is 19.9 Å². The van der Waals surface area contributed by atoms with Crippen LogP contribution in [0.3, 0.4) is 0 Å². The molecule has 31 heavy (non-hydrogen) atoms.